The summed E-state index contributed by atoms with van der Waals surface area (Å²) >= 11 is 0. The van der Waals surface area contributed by atoms with Gasteiger partial charge >= 0.3 is 5.97 Å². The first-order valence-electron chi connectivity index (χ1n) is 7.15. The molecule has 0 aliphatic carbocycles. The molecule has 0 aromatic heterocycles. The van der Waals surface area contributed by atoms with Crippen LogP contribution in [0.15, 0.2) is 54.6 Å². The van der Waals surface area contributed by atoms with E-state index in [1.54, 1.807) is 24.3 Å². The molecule has 0 saturated carbocycles. The van der Waals surface area contributed by atoms with Crippen molar-refractivity contribution >= 4 is 17.6 Å². The predicted octanol–water partition coefficient (Wildman–Crippen LogP) is 3.15. The molecule has 1 atom stereocenters. The molecule has 0 fully saturated rings. The van der Waals surface area contributed by atoms with E-state index in [-0.39, 0.29) is 24.7 Å². The maximum atomic E-state index is 12.2. The normalized spacial score (nSPS) is 11.3. The zero-order valence-corrected chi connectivity index (χ0v) is 12.4. The number of hydrogen-bond donors (Lipinski definition) is 2. The second-order valence-corrected chi connectivity index (χ2v) is 5.15. The number of rotatable bonds is 6. The molecule has 2 aromatic rings. The number of anilines is 1. The summed E-state index contributed by atoms with van der Waals surface area (Å²) in [6.45, 7) is 0. The fourth-order valence-electron chi connectivity index (χ4n) is 2.31. The molecule has 1 unspecified atom stereocenters. The Hall–Kier alpha value is -3.13. The Kier molecular flexibility index (Phi) is 5.48. The molecule has 0 heterocycles. The van der Waals surface area contributed by atoms with E-state index in [2.05, 4.69) is 5.32 Å². The SMILES string of the molecule is N#Cc1ccc(NC(=O)CC(CC(=O)O)c2ccccc2)cc1. The lowest BCUT2D eigenvalue weighted by Gasteiger charge is -2.15. The number of hydrogen-bond acceptors (Lipinski definition) is 3. The van der Waals surface area contributed by atoms with Crippen molar-refractivity contribution in [3.8, 4) is 6.07 Å². The third-order valence-electron chi connectivity index (χ3n) is 3.42. The van der Waals surface area contributed by atoms with Gasteiger partial charge in [-0.05, 0) is 29.8 Å². The number of carboxylic acid groups (broad SMARTS) is 1. The first kappa shape index (κ1) is 16.2. The molecule has 0 spiro atoms. The van der Waals surface area contributed by atoms with Crippen LogP contribution in [-0.2, 0) is 9.59 Å². The van der Waals surface area contributed by atoms with Crippen LogP contribution in [0.3, 0.4) is 0 Å². The highest BCUT2D eigenvalue weighted by Crippen LogP contribution is 2.24. The highest BCUT2D eigenvalue weighted by Gasteiger charge is 2.19. The van der Waals surface area contributed by atoms with Gasteiger partial charge in [0.05, 0.1) is 18.1 Å². The lowest BCUT2D eigenvalue weighted by atomic mass is 9.92. The summed E-state index contributed by atoms with van der Waals surface area (Å²) in [5.41, 5.74) is 1.91. The van der Waals surface area contributed by atoms with Gasteiger partial charge in [0, 0.05) is 18.0 Å². The number of nitrogens with one attached hydrogen (secondary N) is 1. The Balaban J connectivity index is 2.05. The first-order valence-corrected chi connectivity index (χ1v) is 7.15. The molecule has 23 heavy (non-hydrogen) atoms. The molecule has 5 heteroatoms. The highest BCUT2D eigenvalue weighted by atomic mass is 16.4. The number of nitrogens with zero attached hydrogens (tertiary/aromatic N) is 1. The van der Waals surface area contributed by atoms with E-state index < -0.39 is 5.97 Å². The van der Waals surface area contributed by atoms with E-state index in [4.69, 9.17) is 10.4 Å². The zero-order valence-electron chi connectivity index (χ0n) is 12.4. The van der Waals surface area contributed by atoms with Crippen molar-refractivity contribution in [1.29, 1.82) is 5.26 Å². The van der Waals surface area contributed by atoms with Gasteiger partial charge in [-0.2, -0.15) is 5.26 Å². The van der Waals surface area contributed by atoms with E-state index >= 15 is 0 Å². The monoisotopic (exact) mass is 308 g/mol. The van der Waals surface area contributed by atoms with Crippen molar-refractivity contribution in [3.63, 3.8) is 0 Å². The maximum absolute atomic E-state index is 12.2. The Morgan fingerprint density at radius 1 is 1.04 bits per heavy atom. The van der Waals surface area contributed by atoms with Gasteiger partial charge in [0.1, 0.15) is 0 Å². The van der Waals surface area contributed by atoms with Crippen molar-refractivity contribution in [3.05, 3.63) is 65.7 Å². The van der Waals surface area contributed by atoms with Crippen LogP contribution >= 0.6 is 0 Å². The third kappa shape index (κ3) is 4.97. The number of carboxylic acids is 1. The smallest absolute Gasteiger partial charge is 0.303 e. The fraction of sp³-hybridized carbons (Fsp3) is 0.167. The second kappa shape index (κ2) is 7.76. The topological polar surface area (TPSA) is 90.2 Å². The van der Waals surface area contributed by atoms with Crippen LogP contribution in [0.1, 0.15) is 29.9 Å². The van der Waals surface area contributed by atoms with Gasteiger partial charge in [0.15, 0.2) is 0 Å². The molecule has 5 nitrogen and oxygen atoms in total. The minimum absolute atomic E-state index is 0.0797. The average Bonchev–Trinajstić information content (AvgIpc) is 2.55. The maximum Gasteiger partial charge on any atom is 0.303 e. The number of carbonyl (C=O) groups excluding carboxylic acids is 1. The Morgan fingerprint density at radius 3 is 2.26 bits per heavy atom. The Morgan fingerprint density at radius 2 is 1.70 bits per heavy atom. The van der Waals surface area contributed by atoms with Gasteiger partial charge in [0.2, 0.25) is 5.91 Å². The minimum Gasteiger partial charge on any atom is -0.481 e. The Labute approximate surface area is 134 Å². The second-order valence-electron chi connectivity index (χ2n) is 5.15. The van der Waals surface area contributed by atoms with Crippen LogP contribution in [0.25, 0.3) is 0 Å². The number of amides is 1. The van der Waals surface area contributed by atoms with E-state index in [0.717, 1.165) is 5.56 Å². The number of aliphatic carboxylic acids is 1. The summed E-state index contributed by atoms with van der Waals surface area (Å²) in [6.07, 6.45) is -0.0267. The number of benzene rings is 2. The summed E-state index contributed by atoms with van der Waals surface area (Å²) in [5, 5.41) is 20.5. The van der Waals surface area contributed by atoms with Gasteiger partial charge in [-0.25, -0.2) is 0 Å². The molecule has 0 radical (unpaired) electrons. The molecule has 116 valence electrons. The van der Waals surface area contributed by atoms with Gasteiger partial charge in [0.25, 0.3) is 0 Å². The lowest BCUT2D eigenvalue weighted by Crippen LogP contribution is -2.17. The molecule has 0 saturated heterocycles. The van der Waals surface area contributed by atoms with Crippen LogP contribution in [0.4, 0.5) is 5.69 Å². The first-order chi connectivity index (χ1) is 11.1. The minimum atomic E-state index is -0.940. The van der Waals surface area contributed by atoms with Gasteiger partial charge in [-0.1, -0.05) is 30.3 Å². The van der Waals surface area contributed by atoms with Crippen LogP contribution < -0.4 is 5.32 Å². The van der Waals surface area contributed by atoms with Crippen molar-refractivity contribution in [2.45, 2.75) is 18.8 Å². The molecule has 2 rings (SSSR count). The van der Waals surface area contributed by atoms with Crippen molar-refractivity contribution in [2.24, 2.45) is 0 Å². The van der Waals surface area contributed by atoms with Gasteiger partial charge in [-0.3, -0.25) is 9.59 Å². The van der Waals surface area contributed by atoms with E-state index in [1.807, 2.05) is 36.4 Å². The molecule has 1 amide bonds. The molecule has 2 N–H and O–H groups in total. The van der Waals surface area contributed by atoms with E-state index in [1.165, 1.54) is 0 Å². The summed E-state index contributed by atoms with van der Waals surface area (Å²) in [5.74, 6) is -1.58. The number of carbonyl (C=O) groups is 2. The lowest BCUT2D eigenvalue weighted by molar-refractivity contribution is -0.137. The standard InChI is InChI=1S/C18H16N2O3/c19-12-13-6-8-16(9-7-13)20-17(21)10-15(11-18(22)23)14-4-2-1-3-5-14/h1-9,15H,10-11H2,(H,20,21)(H,22,23). The molecule has 0 bridgehead atoms. The van der Waals surface area contributed by atoms with Crippen molar-refractivity contribution in [1.82, 2.24) is 0 Å². The molecule has 2 aromatic carbocycles. The van der Waals surface area contributed by atoms with Gasteiger partial charge < -0.3 is 10.4 Å². The quantitative estimate of drug-likeness (QED) is 0.857. The molecular weight excluding hydrogens is 292 g/mol. The summed E-state index contributed by atoms with van der Waals surface area (Å²) in [6, 6.07) is 17.7. The van der Waals surface area contributed by atoms with Gasteiger partial charge in [-0.15, -0.1) is 0 Å². The summed E-state index contributed by atoms with van der Waals surface area (Å²) in [7, 11) is 0. The van der Waals surface area contributed by atoms with E-state index in [9.17, 15) is 9.59 Å². The summed E-state index contributed by atoms with van der Waals surface area (Å²) < 4.78 is 0. The highest BCUT2D eigenvalue weighted by molar-refractivity contribution is 5.91. The molecular formula is C18H16N2O3. The van der Waals surface area contributed by atoms with Crippen LogP contribution in [-0.4, -0.2) is 17.0 Å². The van der Waals surface area contributed by atoms with Crippen LogP contribution in [0.2, 0.25) is 0 Å². The van der Waals surface area contributed by atoms with Crippen LogP contribution in [0, 0.1) is 11.3 Å². The van der Waals surface area contributed by atoms with E-state index in [0.29, 0.717) is 11.3 Å². The van der Waals surface area contributed by atoms with Crippen LogP contribution in [0.5, 0.6) is 0 Å². The third-order valence-corrected chi connectivity index (χ3v) is 3.42. The van der Waals surface area contributed by atoms with Crippen molar-refractivity contribution < 1.29 is 14.7 Å². The summed E-state index contributed by atoms with van der Waals surface area (Å²) in [4.78, 5) is 23.2. The average molecular weight is 308 g/mol. The largest absolute Gasteiger partial charge is 0.481 e. The Bertz CT molecular complexity index is 718. The zero-order chi connectivity index (χ0) is 16.7. The fourth-order valence-corrected chi connectivity index (χ4v) is 2.31. The number of nitriles is 1. The van der Waals surface area contributed by atoms with Crippen molar-refractivity contribution in [2.75, 3.05) is 5.32 Å². The molecule has 0 aliphatic rings. The predicted molar refractivity (Wildman–Crippen MR) is 85.8 cm³/mol. The molecule has 0 aliphatic heterocycles.